The van der Waals surface area contributed by atoms with Crippen molar-refractivity contribution in [2.45, 2.75) is 19.8 Å². The Balaban J connectivity index is 2.50. The number of benzene rings is 1. The van der Waals surface area contributed by atoms with E-state index in [-0.39, 0.29) is 5.78 Å². The Bertz CT molecular complexity index is 597. The lowest BCUT2D eigenvalue weighted by atomic mass is 10.00. The molecule has 0 aliphatic rings. The highest BCUT2D eigenvalue weighted by molar-refractivity contribution is 9.10. The number of aromatic nitrogens is 1. The average molecular weight is 320 g/mol. The van der Waals surface area contributed by atoms with Crippen LogP contribution in [0.15, 0.2) is 47.1 Å². The Morgan fingerprint density at radius 3 is 2.53 bits per heavy atom. The molecule has 4 heteroatoms. The van der Waals surface area contributed by atoms with Crippen LogP contribution in [0.3, 0.4) is 0 Å². The van der Waals surface area contributed by atoms with Crippen LogP contribution in [-0.4, -0.2) is 5.78 Å². The zero-order valence-electron chi connectivity index (χ0n) is 10.6. The molecular formula is C15H14BrNO2. The normalized spacial score (nSPS) is 10.4. The SMILES string of the molecule is CCCc1c(C(=O)c2ccccc2)ccc(Br)[n+]1[O-]. The summed E-state index contributed by atoms with van der Waals surface area (Å²) in [6.07, 6.45) is 1.39. The summed E-state index contributed by atoms with van der Waals surface area (Å²) in [4.78, 5) is 12.4. The molecule has 0 spiro atoms. The molecule has 1 heterocycles. The van der Waals surface area contributed by atoms with Crippen LogP contribution in [0, 0.1) is 5.21 Å². The second kappa shape index (κ2) is 5.97. The predicted molar refractivity (Wildman–Crippen MR) is 77.0 cm³/mol. The number of hydrogen-bond donors (Lipinski definition) is 0. The maximum absolute atomic E-state index is 12.4. The Kier molecular flexibility index (Phi) is 4.32. The molecule has 0 aliphatic heterocycles. The Morgan fingerprint density at radius 1 is 1.21 bits per heavy atom. The minimum Gasteiger partial charge on any atom is -0.618 e. The van der Waals surface area contributed by atoms with Crippen molar-refractivity contribution in [2.24, 2.45) is 0 Å². The molecule has 0 atom stereocenters. The van der Waals surface area contributed by atoms with Gasteiger partial charge in [-0.25, -0.2) is 0 Å². The van der Waals surface area contributed by atoms with Crippen LogP contribution >= 0.6 is 15.9 Å². The maximum Gasteiger partial charge on any atom is 0.259 e. The topological polar surface area (TPSA) is 44.0 Å². The van der Waals surface area contributed by atoms with Crippen molar-refractivity contribution in [3.05, 3.63) is 69.1 Å². The first kappa shape index (κ1) is 13.7. The molecule has 0 bridgehead atoms. The van der Waals surface area contributed by atoms with Gasteiger partial charge >= 0.3 is 0 Å². The molecule has 3 nitrogen and oxygen atoms in total. The van der Waals surface area contributed by atoms with E-state index >= 15 is 0 Å². The van der Waals surface area contributed by atoms with Crippen molar-refractivity contribution >= 4 is 21.7 Å². The lowest BCUT2D eigenvalue weighted by Crippen LogP contribution is -2.35. The fourth-order valence-electron chi connectivity index (χ4n) is 1.98. The monoisotopic (exact) mass is 319 g/mol. The number of hydrogen-bond acceptors (Lipinski definition) is 2. The van der Waals surface area contributed by atoms with Gasteiger partial charge < -0.3 is 5.21 Å². The number of pyridine rings is 1. The van der Waals surface area contributed by atoms with Gasteiger partial charge in [-0.3, -0.25) is 4.79 Å². The average Bonchev–Trinajstić information content (AvgIpc) is 2.44. The molecule has 1 aromatic carbocycles. The number of carbonyl (C=O) groups is 1. The van der Waals surface area contributed by atoms with E-state index in [1.54, 1.807) is 24.3 Å². The van der Waals surface area contributed by atoms with Crippen LogP contribution in [0.4, 0.5) is 0 Å². The molecule has 0 saturated heterocycles. The van der Waals surface area contributed by atoms with Gasteiger partial charge in [-0.05, 0) is 12.5 Å². The van der Waals surface area contributed by atoms with Crippen LogP contribution in [0.2, 0.25) is 0 Å². The van der Waals surface area contributed by atoms with E-state index in [2.05, 4.69) is 15.9 Å². The standard InChI is InChI=1S/C15H14BrNO2/c1-2-6-13-12(9-10-14(16)17(13)19)15(18)11-7-4-3-5-8-11/h3-5,7-10H,2,6H2,1H3. The van der Waals surface area contributed by atoms with Crippen LogP contribution in [-0.2, 0) is 6.42 Å². The third kappa shape index (κ3) is 2.84. The van der Waals surface area contributed by atoms with Crippen molar-refractivity contribution in [3.63, 3.8) is 0 Å². The molecule has 0 unspecified atom stereocenters. The molecule has 0 aliphatic carbocycles. The van der Waals surface area contributed by atoms with Crippen molar-refractivity contribution in [1.82, 2.24) is 0 Å². The number of nitrogens with zero attached hydrogens (tertiary/aromatic N) is 1. The second-order valence-electron chi connectivity index (χ2n) is 4.26. The predicted octanol–water partition coefficient (Wildman–Crippen LogP) is 3.27. The van der Waals surface area contributed by atoms with E-state index in [1.165, 1.54) is 0 Å². The Hall–Kier alpha value is -1.68. The van der Waals surface area contributed by atoms with E-state index < -0.39 is 0 Å². The zero-order valence-corrected chi connectivity index (χ0v) is 12.2. The minimum atomic E-state index is -0.110. The highest BCUT2D eigenvalue weighted by Gasteiger charge is 2.21. The molecule has 1 aromatic heterocycles. The molecule has 0 N–H and O–H groups in total. The fourth-order valence-corrected chi connectivity index (χ4v) is 2.33. The highest BCUT2D eigenvalue weighted by Crippen LogP contribution is 2.16. The number of ketones is 1. The van der Waals surface area contributed by atoms with E-state index in [0.29, 0.717) is 27.8 Å². The van der Waals surface area contributed by atoms with Gasteiger partial charge in [-0.15, -0.1) is 0 Å². The maximum atomic E-state index is 12.4. The first-order chi connectivity index (χ1) is 9.15. The zero-order chi connectivity index (χ0) is 13.8. The van der Waals surface area contributed by atoms with Crippen molar-refractivity contribution in [3.8, 4) is 0 Å². The molecule has 98 valence electrons. The van der Waals surface area contributed by atoms with Crippen LogP contribution < -0.4 is 4.73 Å². The van der Waals surface area contributed by atoms with Crippen LogP contribution in [0.25, 0.3) is 0 Å². The molecule has 0 amide bonds. The van der Waals surface area contributed by atoms with E-state index in [9.17, 15) is 10.0 Å². The summed E-state index contributed by atoms with van der Waals surface area (Å²) in [5.74, 6) is -0.110. The van der Waals surface area contributed by atoms with Gasteiger partial charge in [-0.2, -0.15) is 4.73 Å². The number of carbonyl (C=O) groups excluding carboxylic acids is 1. The Morgan fingerprint density at radius 2 is 1.89 bits per heavy atom. The fraction of sp³-hybridized carbons (Fsp3) is 0.200. The van der Waals surface area contributed by atoms with Gasteiger partial charge in [0.15, 0.2) is 5.78 Å². The van der Waals surface area contributed by atoms with Crippen LogP contribution in [0.1, 0.15) is 35.0 Å². The van der Waals surface area contributed by atoms with Crippen molar-refractivity contribution < 1.29 is 9.52 Å². The highest BCUT2D eigenvalue weighted by atomic mass is 79.9. The summed E-state index contributed by atoms with van der Waals surface area (Å²) >= 11 is 3.19. The van der Waals surface area contributed by atoms with E-state index in [0.717, 1.165) is 11.2 Å². The summed E-state index contributed by atoms with van der Waals surface area (Å²) in [6.45, 7) is 1.98. The number of rotatable bonds is 4. The minimum absolute atomic E-state index is 0.110. The third-order valence-corrected chi connectivity index (χ3v) is 3.49. The smallest absolute Gasteiger partial charge is 0.259 e. The summed E-state index contributed by atoms with van der Waals surface area (Å²) in [7, 11) is 0. The lowest BCUT2D eigenvalue weighted by molar-refractivity contribution is -0.625. The summed E-state index contributed by atoms with van der Waals surface area (Å²) in [5, 5.41) is 12.0. The third-order valence-electron chi connectivity index (χ3n) is 2.91. The molecule has 0 saturated carbocycles. The molecule has 0 radical (unpaired) electrons. The second-order valence-corrected chi connectivity index (χ2v) is 5.07. The van der Waals surface area contributed by atoms with Crippen LogP contribution in [0.5, 0.6) is 0 Å². The lowest BCUT2D eigenvalue weighted by Gasteiger charge is -2.10. The summed E-state index contributed by atoms with van der Waals surface area (Å²) in [6, 6.07) is 12.3. The number of halogens is 1. The Labute approximate surface area is 120 Å². The largest absolute Gasteiger partial charge is 0.618 e. The summed E-state index contributed by atoms with van der Waals surface area (Å²) in [5.41, 5.74) is 1.60. The summed E-state index contributed by atoms with van der Waals surface area (Å²) < 4.78 is 1.22. The first-order valence-electron chi connectivity index (χ1n) is 6.15. The van der Waals surface area contributed by atoms with Gasteiger partial charge in [0, 0.05) is 34.0 Å². The quantitative estimate of drug-likeness (QED) is 0.376. The van der Waals surface area contributed by atoms with Crippen molar-refractivity contribution in [1.29, 1.82) is 0 Å². The molecular weight excluding hydrogens is 306 g/mol. The molecule has 2 aromatic rings. The first-order valence-corrected chi connectivity index (χ1v) is 6.95. The van der Waals surface area contributed by atoms with Gasteiger partial charge in [0.1, 0.15) is 0 Å². The van der Waals surface area contributed by atoms with Crippen molar-refractivity contribution in [2.75, 3.05) is 0 Å². The van der Waals surface area contributed by atoms with Gasteiger partial charge in [-0.1, -0.05) is 37.3 Å². The van der Waals surface area contributed by atoms with Gasteiger partial charge in [0.05, 0.1) is 5.56 Å². The van der Waals surface area contributed by atoms with Gasteiger partial charge in [0.25, 0.3) is 4.60 Å². The van der Waals surface area contributed by atoms with Gasteiger partial charge in [0.2, 0.25) is 5.69 Å². The van der Waals surface area contributed by atoms with E-state index in [1.807, 2.05) is 25.1 Å². The van der Waals surface area contributed by atoms with E-state index in [4.69, 9.17) is 0 Å². The molecule has 2 rings (SSSR count). The molecule has 19 heavy (non-hydrogen) atoms. The molecule has 0 fully saturated rings.